The second-order valence-corrected chi connectivity index (χ2v) is 7.19. The highest BCUT2D eigenvalue weighted by atomic mass is 32.1. The van der Waals surface area contributed by atoms with Gasteiger partial charge in [-0.3, -0.25) is 4.90 Å². The number of likely N-dealkylation sites (tertiary alicyclic amines) is 1. The van der Waals surface area contributed by atoms with Crippen molar-refractivity contribution in [2.75, 3.05) is 20.6 Å². The molecule has 6 heteroatoms. The van der Waals surface area contributed by atoms with Gasteiger partial charge in [0.05, 0.1) is 22.4 Å². The highest BCUT2D eigenvalue weighted by molar-refractivity contribution is 7.09. The molecule has 1 fully saturated rings. The Morgan fingerprint density at radius 2 is 2.18 bits per heavy atom. The largest absolute Gasteiger partial charge is 0.304 e. The van der Waals surface area contributed by atoms with Gasteiger partial charge < -0.3 is 4.90 Å². The van der Waals surface area contributed by atoms with Crippen LogP contribution in [0.3, 0.4) is 0 Å². The van der Waals surface area contributed by atoms with Crippen LogP contribution in [0.4, 0.5) is 0 Å². The highest BCUT2D eigenvalue weighted by Crippen LogP contribution is 2.31. The van der Waals surface area contributed by atoms with Crippen molar-refractivity contribution in [2.24, 2.45) is 0 Å². The third kappa shape index (κ3) is 3.69. The molecule has 0 aliphatic carbocycles. The van der Waals surface area contributed by atoms with E-state index in [2.05, 4.69) is 46.2 Å². The van der Waals surface area contributed by atoms with Crippen LogP contribution in [0.25, 0.3) is 0 Å². The summed E-state index contributed by atoms with van der Waals surface area (Å²) in [6.45, 7) is 4.91. The van der Waals surface area contributed by atoms with Gasteiger partial charge in [-0.25, -0.2) is 15.0 Å². The number of aryl methyl sites for hydroxylation is 1. The molecule has 118 valence electrons. The summed E-state index contributed by atoms with van der Waals surface area (Å²) in [5.41, 5.74) is 2.25. The Hall–Kier alpha value is -1.37. The molecule has 0 radical (unpaired) electrons. The molecule has 0 bridgehead atoms. The Labute approximate surface area is 136 Å². The van der Waals surface area contributed by atoms with E-state index in [9.17, 15) is 0 Å². The number of hydrogen-bond donors (Lipinski definition) is 0. The molecular weight excluding hydrogens is 294 g/mol. The quantitative estimate of drug-likeness (QED) is 0.848. The van der Waals surface area contributed by atoms with Crippen LogP contribution >= 0.6 is 11.3 Å². The molecular formula is C16H23N5S. The van der Waals surface area contributed by atoms with Gasteiger partial charge in [-0.2, -0.15) is 0 Å². The molecule has 3 heterocycles. The molecule has 1 saturated heterocycles. The van der Waals surface area contributed by atoms with Crippen molar-refractivity contribution in [1.82, 2.24) is 24.8 Å². The van der Waals surface area contributed by atoms with Crippen LogP contribution in [0.1, 0.15) is 41.1 Å². The minimum Gasteiger partial charge on any atom is -0.304 e. The average Bonchev–Trinajstić information content (AvgIpc) is 3.08. The highest BCUT2D eigenvalue weighted by Gasteiger charge is 2.28. The van der Waals surface area contributed by atoms with Gasteiger partial charge in [0.2, 0.25) is 0 Å². The van der Waals surface area contributed by atoms with Crippen molar-refractivity contribution in [3.05, 3.63) is 39.9 Å². The van der Waals surface area contributed by atoms with Crippen LogP contribution in [-0.2, 0) is 13.1 Å². The fourth-order valence-corrected chi connectivity index (χ4v) is 3.59. The summed E-state index contributed by atoms with van der Waals surface area (Å²) in [5.74, 6) is 0.962. The molecule has 1 atom stereocenters. The molecule has 5 nitrogen and oxygen atoms in total. The lowest BCUT2D eigenvalue weighted by molar-refractivity contribution is 0.236. The van der Waals surface area contributed by atoms with Crippen LogP contribution < -0.4 is 0 Å². The second-order valence-electron chi connectivity index (χ2n) is 6.13. The number of nitrogens with zero attached hydrogens (tertiary/aromatic N) is 5. The fraction of sp³-hybridized carbons (Fsp3) is 0.562. The van der Waals surface area contributed by atoms with E-state index in [0.29, 0.717) is 6.04 Å². The lowest BCUT2D eigenvalue weighted by Gasteiger charge is -2.22. The molecule has 2 aromatic rings. The van der Waals surface area contributed by atoms with Crippen molar-refractivity contribution in [3.63, 3.8) is 0 Å². The zero-order chi connectivity index (χ0) is 15.5. The second kappa shape index (κ2) is 6.81. The van der Waals surface area contributed by atoms with E-state index in [-0.39, 0.29) is 0 Å². The third-order valence-corrected chi connectivity index (χ3v) is 4.73. The summed E-state index contributed by atoms with van der Waals surface area (Å²) in [5, 5.41) is 3.29. The summed E-state index contributed by atoms with van der Waals surface area (Å²) >= 11 is 1.72. The van der Waals surface area contributed by atoms with Gasteiger partial charge in [0.25, 0.3) is 0 Å². The Morgan fingerprint density at radius 3 is 2.91 bits per heavy atom. The Morgan fingerprint density at radius 1 is 1.32 bits per heavy atom. The first kappa shape index (κ1) is 15.5. The lowest BCUT2D eigenvalue weighted by atomic mass is 10.2. The SMILES string of the molecule is Cc1nc(CN2CCCC2c2nccc(CN(C)C)n2)cs1. The maximum Gasteiger partial charge on any atom is 0.145 e. The van der Waals surface area contributed by atoms with Gasteiger partial charge in [0.15, 0.2) is 0 Å². The maximum atomic E-state index is 4.78. The molecule has 1 aliphatic heterocycles. The van der Waals surface area contributed by atoms with Crippen molar-refractivity contribution in [1.29, 1.82) is 0 Å². The summed E-state index contributed by atoms with van der Waals surface area (Å²) in [6.07, 6.45) is 4.23. The van der Waals surface area contributed by atoms with E-state index >= 15 is 0 Å². The number of thiazole rings is 1. The van der Waals surface area contributed by atoms with Crippen LogP contribution in [0, 0.1) is 6.92 Å². The first-order chi connectivity index (χ1) is 10.6. The average molecular weight is 317 g/mol. The standard InChI is InChI=1S/C16H23N5S/c1-12-18-14(11-22-12)10-21-8-4-5-15(21)16-17-7-6-13(19-16)9-20(2)3/h6-7,11,15H,4-5,8-10H2,1-3H3. The molecule has 1 aliphatic rings. The van der Waals surface area contributed by atoms with E-state index in [1.54, 1.807) is 11.3 Å². The minimum absolute atomic E-state index is 0.323. The van der Waals surface area contributed by atoms with Gasteiger partial charge in [0, 0.05) is 24.7 Å². The van der Waals surface area contributed by atoms with Crippen LogP contribution in [0.2, 0.25) is 0 Å². The van der Waals surface area contributed by atoms with Crippen LogP contribution in [0.15, 0.2) is 17.6 Å². The summed E-state index contributed by atoms with van der Waals surface area (Å²) in [7, 11) is 4.13. The molecule has 0 spiro atoms. The van der Waals surface area contributed by atoms with Crippen LogP contribution in [-0.4, -0.2) is 45.4 Å². The first-order valence-electron chi connectivity index (χ1n) is 7.73. The van der Waals surface area contributed by atoms with Gasteiger partial charge >= 0.3 is 0 Å². The van der Waals surface area contributed by atoms with Crippen molar-refractivity contribution < 1.29 is 0 Å². The number of hydrogen-bond acceptors (Lipinski definition) is 6. The van der Waals surface area contributed by atoms with E-state index in [0.717, 1.165) is 42.6 Å². The van der Waals surface area contributed by atoms with Gasteiger partial charge in [-0.05, 0) is 46.5 Å². The topological polar surface area (TPSA) is 45.2 Å². The molecule has 0 aromatic carbocycles. The fourth-order valence-electron chi connectivity index (χ4n) is 2.98. The molecule has 22 heavy (non-hydrogen) atoms. The third-order valence-electron chi connectivity index (χ3n) is 3.90. The summed E-state index contributed by atoms with van der Waals surface area (Å²) in [4.78, 5) is 18.5. The summed E-state index contributed by atoms with van der Waals surface area (Å²) in [6, 6.07) is 2.33. The lowest BCUT2D eigenvalue weighted by Crippen LogP contribution is -2.25. The van der Waals surface area contributed by atoms with E-state index in [1.165, 1.54) is 12.1 Å². The van der Waals surface area contributed by atoms with E-state index < -0.39 is 0 Å². The number of rotatable bonds is 5. The molecule has 1 unspecified atom stereocenters. The minimum atomic E-state index is 0.323. The number of aromatic nitrogens is 3. The molecule has 3 rings (SSSR count). The smallest absolute Gasteiger partial charge is 0.145 e. The maximum absolute atomic E-state index is 4.78. The van der Waals surface area contributed by atoms with E-state index in [1.807, 2.05) is 12.3 Å². The van der Waals surface area contributed by atoms with Gasteiger partial charge in [0.1, 0.15) is 5.82 Å². The van der Waals surface area contributed by atoms with Crippen molar-refractivity contribution >= 4 is 11.3 Å². The molecule has 2 aromatic heterocycles. The van der Waals surface area contributed by atoms with Gasteiger partial charge in [-0.1, -0.05) is 0 Å². The van der Waals surface area contributed by atoms with Crippen molar-refractivity contribution in [2.45, 2.75) is 38.9 Å². The monoisotopic (exact) mass is 317 g/mol. The molecule has 0 saturated carbocycles. The Balaban J connectivity index is 1.75. The van der Waals surface area contributed by atoms with Crippen molar-refractivity contribution in [3.8, 4) is 0 Å². The predicted molar refractivity (Wildman–Crippen MR) is 88.7 cm³/mol. The predicted octanol–water partition coefficient (Wildman–Crippen LogP) is 2.64. The zero-order valence-electron chi connectivity index (χ0n) is 13.5. The van der Waals surface area contributed by atoms with Gasteiger partial charge in [-0.15, -0.1) is 11.3 Å². The molecule has 0 amide bonds. The van der Waals surface area contributed by atoms with Crippen LogP contribution in [0.5, 0.6) is 0 Å². The zero-order valence-corrected chi connectivity index (χ0v) is 14.3. The normalized spacial score (nSPS) is 19.2. The Kier molecular flexibility index (Phi) is 4.81. The summed E-state index contributed by atoms with van der Waals surface area (Å²) < 4.78 is 0. The van der Waals surface area contributed by atoms with E-state index in [4.69, 9.17) is 4.98 Å². The first-order valence-corrected chi connectivity index (χ1v) is 8.61. The molecule has 0 N–H and O–H groups in total. The Bertz CT molecular complexity index is 625.